The monoisotopic (exact) mass is 434 g/mol. The van der Waals surface area contributed by atoms with E-state index in [1.807, 2.05) is 0 Å². The van der Waals surface area contributed by atoms with Gasteiger partial charge >= 0.3 is 5.97 Å². The molecule has 4 heteroatoms. The van der Waals surface area contributed by atoms with Gasteiger partial charge in [0.05, 0.1) is 13.2 Å². The lowest BCUT2D eigenvalue weighted by Gasteiger charge is -2.27. The molecule has 0 spiro atoms. The first-order valence-electron chi connectivity index (χ1n) is 12.1. The zero-order chi connectivity index (χ0) is 21.3. The molecule has 3 rings (SSSR count). The van der Waals surface area contributed by atoms with Gasteiger partial charge < -0.3 is 9.84 Å². The molecule has 0 aromatic heterocycles. The average molecular weight is 435 g/mol. The van der Waals surface area contributed by atoms with E-state index >= 15 is 0 Å². The fourth-order valence-electron chi connectivity index (χ4n) is 5.58. The minimum absolute atomic E-state index is 0.108. The summed E-state index contributed by atoms with van der Waals surface area (Å²) < 4.78 is 4.70. The molecule has 0 saturated heterocycles. The number of aliphatic hydroxyl groups excluding tert-OH is 1. The number of benzene rings is 1. The molecule has 2 saturated carbocycles. The Hall–Kier alpha value is -1.06. The number of ether oxygens (including phenoxy) is 1. The molecule has 2 aliphatic rings. The topological polar surface area (TPSA) is 46.5 Å². The van der Waals surface area contributed by atoms with Gasteiger partial charge in [-0.15, -0.1) is 11.6 Å². The molecule has 168 valence electrons. The van der Waals surface area contributed by atoms with Crippen LogP contribution in [0.3, 0.4) is 0 Å². The largest absolute Gasteiger partial charge is 0.469 e. The van der Waals surface area contributed by atoms with Crippen LogP contribution in [0, 0.1) is 11.8 Å². The fourth-order valence-corrected chi connectivity index (χ4v) is 6.01. The molecule has 0 bridgehead atoms. The molecule has 30 heavy (non-hydrogen) atoms. The van der Waals surface area contributed by atoms with E-state index in [0.717, 1.165) is 56.9 Å². The number of halogens is 1. The summed E-state index contributed by atoms with van der Waals surface area (Å²) in [6, 6.07) is 8.79. The van der Waals surface area contributed by atoms with Gasteiger partial charge in [0.1, 0.15) is 0 Å². The maximum atomic E-state index is 11.2. The maximum Gasteiger partial charge on any atom is 0.305 e. The Bertz CT molecular complexity index is 638. The van der Waals surface area contributed by atoms with Crippen LogP contribution in [-0.2, 0) is 9.53 Å². The van der Waals surface area contributed by atoms with Gasteiger partial charge in [-0.25, -0.2) is 0 Å². The van der Waals surface area contributed by atoms with Crippen molar-refractivity contribution in [1.82, 2.24) is 0 Å². The van der Waals surface area contributed by atoms with Crippen molar-refractivity contribution >= 4 is 17.6 Å². The SMILES string of the molecule is COC(=O)CCCCCC[C@H]1[C@H](Cl)CC[C@@H]1c1ccc(C(O)C2CCCCC2)cc1. The molecule has 0 radical (unpaired) electrons. The molecule has 1 aromatic carbocycles. The van der Waals surface area contributed by atoms with E-state index in [9.17, 15) is 9.90 Å². The number of methoxy groups -OCH3 is 1. The Morgan fingerprint density at radius 1 is 1.03 bits per heavy atom. The van der Waals surface area contributed by atoms with Gasteiger partial charge in [-0.3, -0.25) is 4.79 Å². The minimum atomic E-state index is -0.315. The fraction of sp³-hybridized carbons (Fsp3) is 0.731. The van der Waals surface area contributed by atoms with Crippen molar-refractivity contribution in [3.8, 4) is 0 Å². The smallest absolute Gasteiger partial charge is 0.305 e. The van der Waals surface area contributed by atoms with Crippen molar-refractivity contribution in [2.24, 2.45) is 11.8 Å². The number of rotatable bonds is 10. The second kappa shape index (κ2) is 12.1. The van der Waals surface area contributed by atoms with E-state index in [4.69, 9.17) is 16.3 Å². The number of aliphatic hydroxyl groups is 1. The van der Waals surface area contributed by atoms with Crippen LogP contribution in [0.5, 0.6) is 0 Å². The molecule has 1 unspecified atom stereocenters. The lowest BCUT2D eigenvalue weighted by molar-refractivity contribution is -0.140. The van der Waals surface area contributed by atoms with Crippen molar-refractivity contribution in [2.75, 3.05) is 7.11 Å². The number of esters is 1. The van der Waals surface area contributed by atoms with E-state index in [0.29, 0.717) is 24.2 Å². The Kier molecular flexibility index (Phi) is 9.52. The van der Waals surface area contributed by atoms with Crippen LogP contribution in [0.15, 0.2) is 24.3 Å². The molecular formula is C26H39ClO3. The van der Waals surface area contributed by atoms with Gasteiger partial charge in [-0.2, -0.15) is 0 Å². The third kappa shape index (κ3) is 6.47. The summed E-state index contributed by atoms with van der Waals surface area (Å²) in [4.78, 5) is 11.2. The first-order chi connectivity index (χ1) is 14.6. The standard InChI is InChI=1S/C26H39ClO3/c1-30-25(28)12-8-3-2-7-11-23-22(17-18-24(23)27)19-13-15-21(16-14-19)26(29)20-9-5-4-6-10-20/h13-16,20,22-24,26,29H,2-12,17-18H2,1H3/t22-,23-,24-,26?/m1/s1. The van der Waals surface area contributed by atoms with Gasteiger partial charge in [-0.05, 0) is 67.4 Å². The summed E-state index contributed by atoms with van der Waals surface area (Å²) >= 11 is 6.71. The third-order valence-electron chi connectivity index (χ3n) is 7.43. The molecule has 0 amide bonds. The highest BCUT2D eigenvalue weighted by Gasteiger charge is 2.35. The Morgan fingerprint density at radius 2 is 1.73 bits per heavy atom. The normalized spacial score (nSPS) is 25.9. The lowest BCUT2D eigenvalue weighted by atomic mass is 9.81. The molecule has 1 N–H and O–H groups in total. The summed E-state index contributed by atoms with van der Waals surface area (Å²) in [6.45, 7) is 0. The zero-order valence-corrected chi connectivity index (χ0v) is 19.3. The van der Waals surface area contributed by atoms with Crippen molar-refractivity contribution in [2.45, 2.75) is 101 Å². The molecule has 4 atom stereocenters. The van der Waals surface area contributed by atoms with Crippen molar-refractivity contribution in [1.29, 1.82) is 0 Å². The number of hydrogen-bond acceptors (Lipinski definition) is 3. The second-order valence-electron chi connectivity index (χ2n) is 9.40. The van der Waals surface area contributed by atoms with Crippen LogP contribution in [0.4, 0.5) is 0 Å². The molecular weight excluding hydrogens is 396 g/mol. The van der Waals surface area contributed by atoms with Gasteiger partial charge in [0.2, 0.25) is 0 Å². The van der Waals surface area contributed by atoms with Crippen LogP contribution in [0.2, 0.25) is 0 Å². The number of carbonyl (C=O) groups is 1. The Morgan fingerprint density at radius 3 is 2.43 bits per heavy atom. The summed E-state index contributed by atoms with van der Waals surface area (Å²) in [5, 5.41) is 11.0. The summed E-state index contributed by atoms with van der Waals surface area (Å²) in [7, 11) is 1.45. The van der Waals surface area contributed by atoms with E-state index in [1.54, 1.807) is 0 Å². The Balaban J connectivity index is 1.49. The van der Waals surface area contributed by atoms with Crippen LogP contribution in [-0.4, -0.2) is 23.6 Å². The second-order valence-corrected chi connectivity index (χ2v) is 9.96. The van der Waals surface area contributed by atoms with Gasteiger partial charge in [0, 0.05) is 11.8 Å². The zero-order valence-electron chi connectivity index (χ0n) is 18.5. The number of unbranched alkanes of at least 4 members (excludes halogenated alkanes) is 3. The third-order valence-corrected chi connectivity index (χ3v) is 7.98. The van der Waals surface area contributed by atoms with E-state index in [2.05, 4.69) is 24.3 Å². The van der Waals surface area contributed by atoms with Gasteiger partial charge in [-0.1, -0.05) is 62.8 Å². The van der Waals surface area contributed by atoms with Crippen LogP contribution >= 0.6 is 11.6 Å². The number of carbonyl (C=O) groups excluding carboxylic acids is 1. The van der Waals surface area contributed by atoms with E-state index in [-0.39, 0.29) is 17.5 Å². The first kappa shape index (κ1) is 23.6. The molecule has 1 aromatic rings. The first-order valence-corrected chi connectivity index (χ1v) is 12.5. The predicted octanol–water partition coefficient (Wildman–Crippen LogP) is 6.91. The molecule has 0 heterocycles. The van der Waals surface area contributed by atoms with Gasteiger partial charge in [0.15, 0.2) is 0 Å². The predicted molar refractivity (Wildman–Crippen MR) is 123 cm³/mol. The molecule has 2 fully saturated rings. The molecule has 2 aliphatic carbocycles. The minimum Gasteiger partial charge on any atom is -0.469 e. The summed E-state index contributed by atoms with van der Waals surface area (Å²) in [5.41, 5.74) is 2.46. The lowest BCUT2D eigenvalue weighted by Crippen LogP contribution is -2.16. The van der Waals surface area contributed by atoms with E-state index < -0.39 is 0 Å². The number of hydrogen-bond donors (Lipinski definition) is 1. The van der Waals surface area contributed by atoms with Crippen molar-refractivity contribution < 1.29 is 14.6 Å². The summed E-state index contributed by atoms with van der Waals surface area (Å²) in [6.07, 6.45) is 14.1. The molecule has 0 aliphatic heterocycles. The van der Waals surface area contributed by atoms with Crippen LogP contribution in [0.25, 0.3) is 0 Å². The van der Waals surface area contributed by atoms with Gasteiger partial charge in [0.25, 0.3) is 0 Å². The maximum absolute atomic E-state index is 11.2. The highest BCUT2D eigenvalue weighted by Crippen LogP contribution is 2.45. The van der Waals surface area contributed by atoms with Crippen molar-refractivity contribution in [3.63, 3.8) is 0 Å². The van der Waals surface area contributed by atoms with Crippen LogP contribution < -0.4 is 0 Å². The highest BCUT2D eigenvalue weighted by molar-refractivity contribution is 6.21. The molecule has 3 nitrogen and oxygen atoms in total. The summed E-state index contributed by atoms with van der Waals surface area (Å²) in [5.74, 6) is 1.38. The van der Waals surface area contributed by atoms with E-state index in [1.165, 1.54) is 38.4 Å². The Labute approximate surface area is 187 Å². The quantitative estimate of drug-likeness (QED) is 0.247. The number of alkyl halides is 1. The highest BCUT2D eigenvalue weighted by atomic mass is 35.5. The average Bonchev–Trinajstić information content (AvgIpc) is 3.16. The van der Waals surface area contributed by atoms with Crippen LogP contribution in [0.1, 0.15) is 107 Å². The van der Waals surface area contributed by atoms with Crippen molar-refractivity contribution in [3.05, 3.63) is 35.4 Å².